The van der Waals surface area contributed by atoms with Crippen LogP contribution in [0.3, 0.4) is 0 Å². The molecule has 8 heteroatoms. The summed E-state index contributed by atoms with van der Waals surface area (Å²) in [4.78, 5) is 26.1. The van der Waals surface area contributed by atoms with Gasteiger partial charge in [0.2, 0.25) is 0 Å². The zero-order valence-corrected chi connectivity index (χ0v) is 18.0. The molecule has 2 aliphatic rings. The highest BCUT2D eigenvalue weighted by Crippen LogP contribution is 2.46. The lowest BCUT2D eigenvalue weighted by Gasteiger charge is -2.38. The maximum absolute atomic E-state index is 13.1. The average molecular weight is 445 g/mol. The number of aliphatic hydroxyl groups is 1. The standard InChI is InChI=1S/C23H25ClN2O5/c1-14(27)22(29)31-18-10-16(9-17(24)11-18)21(28)26-6-4-23(5-7-26)13-30-20-3-2-15(12-25)8-19(20)23/h2-3,8-11,22,29H,4-7,12-13,25H2,1H3. The minimum atomic E-state index is -1.60. The quantitative estimate of drug-likeness (QED) is 0.687. The monoisotopic (exact) mass is 444 g/mol. The first-order chi connectivity index (χ1) is 14.8. The van der Waals surface area contributed by atoms with E-state index in [4.69, 9.17) is 26.8 Å². The number of piperidine rings is 1. The van der Waals surface area contributed by atoms with E-state index in [0.29, 0.717) is 31.8 Å². The number of fused-ring (bicyclic) bond motifs is 2. The van der Waals surface area contributed by atoms with E-state index >= 15 is 0 Å². The summed E-state index contributed by atoms with van der Waals surface area (Å²) in [5, 5.41) is 9.94. The molecule has 2 aliphatic heterocycles. The van der Waals surface area contributed by atoms with Crippen molar-refractivity contribution in [2.45, 2.75) is 38.0 Å². The Morgan fingerprint density at radius 2 is 2.00 bits per heavy atom. The number of aliphatic hydroxyl groups excluding tert-OH is 1. The van der Waals surface area contributed by atoms with Crippen LogP contribution in [0, 0.1) is 0 Å². The number of hydrogen-bond donors (Lipinski definition) is 2. The Morgan fingerprint density at radius 3 is 2.68 bits per heavy atom. The van der Waals surface area contributed by atoms with Gasteiger partial charge in [-0.2, -0.15) is 0 Å². The smallest absolute Gasteiger partial charge is 0.257 e. The third kappa shape index (κ3) is 4.26. The first-order valence-electron chi connectivity index (χ1n) is 10.2. The lowest BCUT2D eigenvalue weighted by molar-refractivity contribution is -0.138. The van der Waals surface area contributed by atoms with Crippen molar-refractivity contribution in [2.75, 3.05) is 19.7 Å². The van der Waals surface area contributed by atoms with Crippen LogP contribution >= 0.6 is 11.6 Å². The van der Waals surface area contributed by atoms with Gasteiger partial charge in [0.25, 0.3) is 12.2 Å². The van der Waals surface area contributed by atoms with Crippen LogP contribution < -0.4 is 15.2 Å². The number of nitrogens with zero attached hydrogens (tertiary/aromatic N) is 1. The summed E-state index contributed by atoms with van der Waals surface area (Å²) in [6.45, 7) is 3.45. The van der Waals surface area contributed by atoms with Gasteiger partial charge in [-0.1, -0.05) is 23.7 Å². The zero-order valence-electron chi connectivity index (χ0n) is 17.3. The van der Waals surface area contributed by atoms with Gasteiger partial charge in [0, 0.05) is 48.1 Å². The maximum Gasteiger partial charge on any atom is 0.257 e. The van der Waals surface area contributed by atoms with E-state index in [1.807, 2.05) is 12.1 Å². The van der Waals surface area contributed by atoms with Gasteiger partial charge in [0.15, 0.2) is 5.78 Å². The van der Waals surface area contributed by atoms with Crippen LogP contribution in [-0.2, 0) is 16.8 Å². The molecule has 4 rings (SSSR count). The third-order valence-electron chi connectivity index (χ3n) is 6.08. The molecule has 2 aromatic rings. The molecule has 31 heavy (non-hydrogen) atoms. The molecular formula is C23H25ClN2O5. The number of rotatable bonds is 5. The Bertz CT molecular complexity index is 1020. The Kier molecular flexibility index (Phi) is 5.92. The summed E-state index contributed by atoms with van der Waals surface area (Å²) < 4.78 is 11.1. The summed E-state index contributed by atoms with van der Waals surface area (Å²) in [6, 6.07) is 10.6. The third-order valence-corrected chi connectivity index (χ3v) is 6.29. The van der Waals surface area contributed by atoms with Gasteiger partial charge in [-0.15, -0.1) is 0 Å². The van der Waals surface area contributed by atoms with Crippen LogP contribution in [0.5, 0.6) is 11.5 Å². The van der Waals surface area contributed by atoms with Crippen molar-refractivity contribution in [1.82, 2.24) is 4.90 Å². The summed E-state index contributed by atoms with van der Waals surface area (Å²) in [5.74, 6) is 0.359. The molecular weight excluding hydrogens is 420 g/mol. The molecule has 2 heterocycles. The molecule has 2 aromatic carbocycles. The summed E-state index contributed by atoms with van der Waals surface area (Å²) >= 11 is 6.14. The SMILES string of the molecule is CC(=O)C(O)Oc1cc(Cl)cc(C(=O)N2CCC3(CC2)COc2ccc(CN)cc23)c1. The number of hydrogen-bond acceptors (Lipinski definition) is 6. The van der Waals surface area contributed by atoms with Crippen LogP contribution in [0.2, 0.25) is 5.02 Å². The zero-order chi connectivity index (χ0) is 22.2. The molecule has 164 valence electrons. The molecule has 1 spiro atoms. The van der Waals surface area contributed by atoms with Crippen molar-refractivity contribution in [2.24, 2.45) is 5.73 Å². The molecule has 3 N–H and O–H groups in total. The fourth-order valence-corrected chi connectivity index (χ4v) is 4.46. The number of benzene rings is 2. The van der Waals surface area contributed by atoms with Crippen molar-refractivity contribution < 1.29 is 24.2 Å². The summed E-state index contributed by atoms with van der Waals surface area (Å²) in [7, 11) is 0. The molecule has 0 saturated carbocycles. The number of likely N-dealkylation sites (tertiary alicyclic amines) is 1. The summed E-state index contributed by atoms with van der Waals surface area (Å²) in [6.07, 6.45) is -0.0310. The molecule has 0 aromatic heterocycles. The van der Waals surface area contributed by atoms with E-state index in [1.165, 1.54) is 24.6 Å². The molecule has 1 fully saturated rings. The van der Waals surface area contributed by atoms with Crippen LogP contribution in [0.25, 0.3) is 0 Å². The fraction of sp³-hybridized carbons (Fsp3) is 0.391. The summed E-state index contributed by atoms with van der Waals surface area (Å²) in [5.41, 5.74) is 8.30. The molecule has 1 amide bonds. The van der Waals surface area contributed by atoms with Crippen LogP contribution in [0.15, 0.2) is 36.4 Å². The second-order valence-corrected chi connectivity index (χ2v) is 8.59. The van der Waals surface area contributed by atoms with E-state index in [-0.39, 0.29) is 22.1 Å². The van der Waals surface area contributed by atoms with Crippen molar-refractivity contribution in [3.8, 4) is 11.5 Å². The fourth-order valence-electron chi connectivity index (χ4n) is 4.24. The molecule has 7 nitrogen and oxygen atoms in total. The van der Waals surface area contributed by atoms with Crippen LogP contribution in [-0.4, -0.2) is 47.7 Å². The number of ketones is 1. The van der Waals surface area contributed by atoms with Gasteiger partial charge in [0.1, 0.15) is 11.5 Å². The molecule has 1 atom stereocenters. The molecule has 0 radical (unpaired) electrons. The van der Waals surface area contributed by atoms with Gasteiger partial charge >= 0.3 is 0 Å². The number of amides is 1. The highest BCUT2D eigenvalue weighted by atomic mass is 35.5. The molecule has 1 unspecified atom stereocenters. The Hall–Kier alpha value is -2.61. The minimum absolute atomic E-state index is 0.106. The van der Waals surface area contributed by atoms with E-state index < -0.39 is 12.1 Å². The molecule has 0 aliphatic carbocycles. The number of nitrogens with two attached hydrogens (primary N) is 1. The van der Waals surface area contributed by atoms with E-state index in [9.17, 15) is 14.7 Å². The number of halogens is 1. The number of carbonyl (C=O) groups is 2. The van der Waals surface area contributed by atoms with Crippen LogP contribution in [0.4, 0.5) is 0 Å². The Labute approximate surface area is 185 Å². The lowest BCUT2D eigenvalue weighted by atomic mass is 9.74. The highest BCUT2D eigenvalue weighted by Gasteiger charge is 2.44. The average Bonchev–Trinajstić information content (AvgIpc) is 3.10. The Morgan fingerprint density at radius 1 is 1.26 bits per heavy atom. The van der Waals surface area contributed by atoms with E-state index in [2.05, 4.69) is 6.07 Å². The first-order valence-corrected chi connectivity index (χ1v) is 10.6. The van der Waals surface area contributed by atoms with Crippen molar-refractivity contribution >= 4 is 23.3 Å². The minimum Gasteiger partial charge on any atom is -0.492 e. The second kappa shape index (κ2) is 8.49. The topological polar surface area (TPSA) is 102 Å². The van der Waals surface area contributed by atoms with Gasteiger partial charge in [-0.25, -0.2) is 0 Å². The molecule has 1 saturated heterocycles. The van der Waals surface area contributed by atoms with Gasteiger partial charge < -0.3 is 25.2 Å². The number of carbonyl (C=O) groups excluding carboxylic acids is 2. The van der Waals surface area contributed by atoms with Gasteiger partial charge in [0.05, 0.1) is 6.61 Å². The second-order valence-electron chi connectivity index (χ2n) is 8.15. The van der Waals surface area contributed by atoms with Crippen molar-refractivity contribution in [3.63, 3.8) is 0 Å². The number of ether oxygens (including phenoxy) is 2. The van der Waals surface area contributed by atoms with Gasteiger partial charge in [-0.3, -0.25) is 9.59 Å². The first kappa shape index (κ1) is 21.6. The maximum atomic E-state index is 13.1. The van der Waals surface area contributed by atoms with Gasteiger partial charge in [-0.05, 0) is 42.7 Å². The van der Waals surface area contributed by atoms with E-state index in [1.54, 1.807) is 11.0 Å². The largest absolute Gasteiger partial charge is 0.492 e. The normalized spacial score (nSPS) is 17.7. The van der Waals surface area contributed by atoms with Crippen LogP contribution in [0.1, 0.15) is 41.3 Å². The molecule has 0 bridgehead atoms. The van der Waals surface area contributed by atoms with Crippen molar-refractivity contribution in [3.05, 3.63) is 58.1 Å². The predicted molar refractivity (Wildman–Crippen MR) is 115 cm³/mol. The lowest BCUT2D eigenvalue weighted by Crippen LogP contribution is -2.46. The predicted octanol–water partition coefficient (Wildman–Crippen LogP) is 2.65. The highest BCUT2D eigenvalue weighted by molar-refractivity contribution is 6.31. The van der Waals surface area contributed by atoms with Crippen molar-refractivity contribution in [1.29, 1.82) is 0 Å². The van der Waals surface area contributed by atoms with E-state index in [0.717, 1.165) is 24.2 Å². The number of Topliss-reactive ketones (excluding diaryl/α,β-unsaturated/α-hetero) is 1. The Balaban J connectivity index is 1.49.